The minimum atomic E-state index is -0.231. The van der Waals surface area contributed by atoms with Gasteiger partial charge in [0.05, 0.1) is 5.38 Å². The van der Waals surface area contributed by atoms with Crippen molar-refractivity contribution in [1.82, 2.24) is 5.32 Å². The summed E-state index contributed by atoms with van der Waals surface area (Å²) in [5.41, 5.74) is 2.84. The van der Waals surface area contributed by atoms with Gasteiger partial charge >= 0.3 is 0 Å². The molecule has 1 aliphatic heterocycles. The number of rotatable bonds is 2. The SMILES string of the molecule is O=C1NCCCc2ccc(C(Cl)c3sccc3Br)cc21. The van der Waals surface area contributed by atoms with Gasteiger partial charge in [0.25, 0.3) is 5.91 Å². The molecular weight excluding hydrogens is 358 g/mol. The zero-order valence-electron chi connectivity index (χ0n) is 10.7. The second kappa shape index (κ2) is 5.88. The molecule has 5 heteroatoms. The van der Waals surface area contributed by atoms with Crippen LogP contribution in [0.4, 0.5) is 0 Å². The van der Waals surface area contributed by atoms with Crippen LogP contribution in [0.1, 0.15) is 38.2 Å². The highest BCUT2D eigenvalue weighted by Crippen LogP contribution is 2.38. The lowest BCUT2D eigenvalue weighted by atomic mass is 9.99. The monoisotopic (exact) mass is 369 g/mol. The van der Waals surface area contributed by atoms with E-state index in [2.05, 4.69) is 21.2 Å². The molecule has 20 heavy (non-hydrogen) atoms. The van der Waals surface area contributed by atoms with Gasteiger partial charge in [-0.2, -0.15) is 0 Å². The number of alkyl halides is 1. The Bertz CT molecular complexity index is 655. The molecule has 2 heterocycles. The molecule has 1 aromatic carbocycles. The summed E-state index contributed by atoms with van der Waals surface area (Å²) in [6.45, 7) is 0.740. The lowest BCUT2D eigenvalue weighted by molar-refractivity contribution is 0.0956. The summed E-state index contributed by atoms with van der Waals surface area (Å²) in [5, 5.41) is 4.70. The minimum absolute atomic E-state index is 0.00784. The van der Waals surface area contributed by atoms with Gasteiger partial charge in [-0.05, 0) is 57.4 Å². The quantitative estimate of drug-likeness (QED) is 0.774. The van der Waals surface area contributed by atoms with Crippen molar-refractivity contribution in [1.29, 1.82) is 0 Å². The van der Waals surface area contributed by atoms with Gasteiger partial charge in [0.1, 0.15) is 0 Å². The Morgan fingerprint density at radius 2 is 2.20 bits per heavy atom. The van der Waals surface area contributed by atoms with Gasteiger partial charge in [-0.3, -0.25) is 4.79 Å². The van der Waals surface area contributed by atoms with Crippen molar-refractivity contribution < 1.29 is 4.79 Å². The minimum Gasteiger partial charge on any atom is -0.352 e. The van der Waals surface area contributed by atoms with Crippen LogP contribution in [0.2, 0.25) is 0 Å². The van der Waals surface area contributed by atoms with Crippen molar-refractivity contribution >= 4 is 44.8 Å². The van der Waals surface area contributed by atoms with E-state index < -0.39 is 0 Å². The number of hydrogen-bond acceptors (Lipinski definition) is 2. The van der Waals surface area contributed by atoms with Crippen LogP contribution in [-0.4, -0.2) is 12.5 Å². The summed E-state index contributed by atoms with van der Waals surface area (Å²) in [5.74, 6) is 0.00784. The van der Waals surface area contributed by atoms with Gasteiger partial charge in [-0.25, -0.2) is 0 Å². The number of fused-ring (bicyclic) bond motifs is 1. The highest BCUT2D eigenvalue weighted by Gasteiger charge is 2.20. The molecule has 1 amide bonds. The molecule has 1 aromatic heterocycles. The van der Waals surface area contributed by atoms with Crippen LogP contribution in [0.5, 0.6) is 0 Å². The first-order valence-corrected chi connectivity index (χ1v) is 8.55. The van der Waals surface area contributed by atoms with Crippen molar-refractivity contribution in [3.05, 3.63) is 55.7 Å². The molecule has 104 valence electrons. The fourth-order valence-corrected chi connectivity index (χ4v) is 4.54. The molecule has 2 aromatic rings. The predicted molar refractivity (Wildman–Crippen MR) is 86.8 cm³/mol. The van der Waals surface area contributed by atoms with Crippen LogP contribution in [0, 0.1) is 0 Å². The topological polar surface area (TPSA) is 29.1 Å². The molecular formula is C15H13BrClNOS. The Kier molecular flexibility index (Phi) is 4.15. The van der Waals surface area contributed by atoms with E-state index in [1.807, 2.05) is 29.6 Å². The third-order valence-corrected chi connectivity index (χ3v) is 5.99. The number of carbonyl (C=O) groups is 1. The largest absolute Gasteiger partial charge is 0.352 e. The maximum Gasteiger partial charge on any atom is 0.251 e. The summed E-state index contributed by atoms with van der Waals surface area (Å²) < 4.78 is 1.02. The predicted octanol–water partition coefficient (Wildman–Crippen LogP) is 4.51. The summed E-state index contributed by atoms with van der Waals surface area (Å²) in [6, 6.07) is 7.99. The molecule has 0 bridgehead atoms. The van der Waals surface area contributed by atoms with Crippen molar-refractivity contribution in [3.8, 4) is 0 Å². The number of nitrogens with one attached hydrogen (secondary N) is 1. The summed E-state index contributed by atoms with van der Waals surface area (Å²) >= 11 is 11.7. The second-order valence-corrected chi connectivity index (χ2v) is 7.01. The second-order valence-electron chi connectivity index (χ2n) is 4.77. The summed E-state index contributed by atoms with van der Waals surface area (Å²) in [6.07, 6.45) is 1.92. The van der Waals surface area contributed by atoms with E-state index in [0.29, 0.717) is 0 Å². The Morgan fingerprint density at radius 3 is 2.95 bits per heavy atom. The molecule has 0 saturated carbocycles. The van der Waals surface area contributed by atoms with Crippen LogP contribution >= 0.6 is 38.9 Å². The van der Waals surface area contributed by atoms with Gasteiger partial charge in [-0.15, -0.1) is 22.9 Å². The molecule has 0 saturated heterocycles. The molecule has 0 spiro atoms. The first-order chi connectivity index (χ1) is 9.66. The van der Waals surface area contributed by atoms with Gasteiger partial charge in [-0.1, -0.05) is 12.1 Å². The summed E-state index contributed by atoms with van der Waals surface area (Å²) in [4.78, 5) is 13.1. The zero-order chi connectivity index (χ0) is 14.1. The van der Waals surface area contributed by atoms with E-state index in [1.165, 1.54) is 0 Å². The number of hydrogen-bond donors (Lipinski definition) is 1. The highest BCUT2D eigenvalue weighted by molar-refractivity contribution is 9.10. The lowest BCUT2D eigenvalue weighted by Crippen LogP contribution is -2.22. The van der Waals surface area contributed by atoms with Crippen LogP contribution in [0.15, 0.2) is 34.1 Å². The van der Waals surface area contributed by atoms with E-state index in [0.717, 1.165) is 45.4 Å². The highest BCUT2D eigenvalue weighted by atomic mass is 79.9. The van der Waals surface area contributed by atoms with Gasteiger partial charge in [0.2, 0.25) is 0 Å². The zero-order valence-corrected chi connectivity index (χ0v) is 13.8. The molecule has 0 aliphatic carbocycles. The van der Waals surface area contributed by atoms with Gasteiger partial charge in [0, 0.05) is 21.5 Å². The fourth-order valence-electron chi connectivity index (χ4n) is 2.39. The van der Waals surface area contributed by atoms with Crippen molar-refractivity contribution in [2.45, 2.75) is 18.2 Å². The Hall–Kier alpha value is -0.840. The van der Waals surface area contributed by atoms with E-state index in [-0.39, 0.29) is 11.3 Å². The molecule has 2 nitrogen and oxygen atoms in total. The number of amides is 1. The first-order valence-electron chi connectivity index (χ1n) is 6.45. The number of halogens is 2. The Morgan fingerprint density at radius 1 is 1.35 bits per heavy atom. The lowest BCUT2D eigenvalue weighted by Gasteiger charge is -2.12. The summed E-state index contributed by atoms with van der Waals surface area (Å²) in [7, 11) is 0. The molecule has 0 radical (unpaired) electrons. The van der Waals surface area contributed by atoms with Crippen molar-refractivity contribution in [2.24, 2.45) is 0 Å². The molecule has 1 unspecified atom stereocenters. The van der Waals surface area contributed by atoms with E-state index in [4.69, 9.17) is 11.6 Å². The number of benzene rings is 1. The average molecular weight is 371 g/mol. The molecule has 1 N–H and O–H groups in total. The molecule has 1 atom stereocenters. The van der Waals surface area contributed by atoms with Crippen molar-refractivity contribution in [3.63, 3.8) is 0 Å². The van der Waals surface area contributed by atoms with E-state index in [9.17, 15) is 4.79 Å². The number of thiophene rings is 1. The first kappa shape index (κ1) is 14.1. The molecule has 0 fully saturated rings. The third-order valence-electron chi connectivity index (χ3n) is 3.45. The molecule has 1 aliphatic rings. The normalized spacial score (nSPS) is 16.2. The maximum atomic E-state index is 12.1. The maximum absolute atomic E-state index is 12.1. The Balaban J connectivity index is 2.00. The number of carbonyl (C=O) groups excluding carboxylic acids is 1. The molecule has 3 rings (SSSR count). The fraction of sp³-hybridized carbons (Fsp3) is 0.267. The smallest absolute Gasteiger partial charge is 0.251 e. The third kappa shape index (κ3) is 2.65. The standard InChI is InChI=1S/C15H13BrClNOS/c16-12-5-7-20-14(12)13(17)10-4-3-9-2-1-6-18-15(19)11(9)8-10/h3-5,7-8,13H,1-2,6H2,(H,18,19). The van der Waals surface area contributed by atoms with Crippen LogP contribution in [0.25, 0.3) is 0 Å². The van der Waals surface area contributed by atoms with Gasteiger partial charge in [0.15, 0.2) is 0 Å². The van der Waals surface area contributed by atoms with E-state index >= 15 is 0 Å². The Labute approximate surface area is 135 Å². The average Bonchev–Trinajstić information content (AvgIpc) is 2.79. The van der Waals surface area contributed by atoms with Crippen LogP contribution < -0.4 is 5.32 Å². The van der Waals surface area contributed by atoms with Crippen LogP contribution in [-0.2, 0) is 6.42 Å². The van der Waals surface area contributed by atoms with Gasteiger partial charge < -0.3 is 5.32 Å². The number of aryl methyl sites for hydroxylation is 1. The van der Waals surface area contributed by atoms with E-state index in [1.54, 1.807) is 11.3 Å². The van der Waals surface area contributed by atoms with Crippen molar-refractivity contribution in [2.75, 3.05) is 6.54 Å². The van der Waals surface area contributed by atoms with Crippen LogP contribution in [0.3, 0.4) is 0 Å².